The van der Waals surface area contributed by atoms with Crippen molar-refractivity contribution in [1.29, 1.82) is 0 Å². The Kier molecular flexibility index (Phi) is 7.18. The minimum atomic E-state index is -0.120. The lowest BCUT2D eigenvalue weighted by Gasteiger charge is -2.08. The van der Waals surface area contributed by atoms with Crippen molar-refractivity contribution in [3.63, 3.8) is 0 Å². The van der Waals surface area contributed by atoms with Gasteiger partial charge in [0, 0.05) is 15.2 Å². The molecule has 0 radical (unpaired) electrons. The number of benzene rings is 2. The van der Waals surface area contributed by atoms with Crippen molar-refractivity contribution in [2.45, 2.75) is 6.92 Å². The van der Waals surface area contributed by atoms with Crippen LogP contribution in [0.1, 0.15) is 17.3 Å². The van der Waals surface area contributed by atoms with Gasteiger partial charge in [-0.3, -0.25) is 4.79 Å². The van der Waals surface area contributed by atoms with Gasteiger partial charge in [-0.05, 0) is 72.0 Å². The number of carbonyl (C=O) groups is 1. The molecule has 0 saturated heterocycles. The molecule has 0 spiro atoms. The predicted octanol–water partition coefficient (Wildman–Crippen LogP) is 3.96. The molecule has 144 valence electrons. The van der Waals surface area contributed by atoms with Crippen LogP contribution < -0.4 is 14.8 Å². The Morgan fingerprint density at radius 2 is 1.79 bits per heavy atom. The number of aromatic nitrogens is 2. The van der Waals surface area contributed by atoms with Crippen LogP contribution in [0.5, 0.6) is 11.6 Å². The lowest BCUT2D eigenvalue weighted by Crippen LogP contribution is -2.28. The first-order chi connectivity index (χ1) is 13.7. The monoisotopic (exact) mass is 489 g/mol. The number of nitrogens with zero attached hydrogens (tertiary/aromatic N) is 2. The summed E-state index contributed by atoms with van der Waals surface area (Å²) in [7, 11) is 0. The maximum atomic E-state index is 12.1. The standard InChI is InChI=1S/C21H20IN3O3/c1-2-27-16-9-7-15(8-10-16)19-11-12-20(25-24-19)28-14-13-23-21(26)17-5-3-4-6-18(17)22/h3-12H,2,13-14H2,1H3,(H,23,26). The van der Waals surface area contributed by atoms with Crippen molar-refractivity contribution < 1.29 is 14.3 Å². The smallest absolute Gasteiger partial charge is 0.252 e. The van der Waals surface area contributed by atoms with Gasteiger partial charge in [-0.15, -0.1) is 10.2 Å². The summed E-state index contributed by atoms with van der Waals surface area (Å²) < 4.78 is 11.9. The number of amides is 1. The van der Waals surface area contributed by atoms with E-state index in [1.165, 1.54) is 0 Å². The highest BCUT2D eigenvalue weighted by atomic mass is 127. The average Bonchev–Trinajstić information content (AvgIpc) is 2.73. The second kappa shape index (κ2) is 10.0. The van der Waals surface area contributed by atoms with Gasteiger partial charge in [0.05, 0.1) is 24.4 Å². The van der Waals surface area contributed by atoms with E-state index in [1.807, 2.05) is 55.5 Å². The van der Waals surface area contributed by atoms with Gasteiger partial charge in [-0.2, -0.15) is 0 Å². The molecule has 0 aliphatic rings. The fraction of sp³-hybridized carbons (Fsp3) is 0.190. The molecule has 3 aromatic rings. The summed E-state index contributed by atoms with van der Waals surface area (Å²) in [6.45, 7) is 3.28. The van der Waals surface area contributed by atoms with Crippen molar-refractivity contribution in [2.24, 2.45) is 0 Å². The molecule has 28 heavy (non-hydrogen) atoms. The molecular weight excluding hydrogens is 469 g/mol. The first kappa shape index (κ1) is 20.1. The van der Waals surface area contributed by atoms with Crippen molar-refractivity contribution >= 4 is 28.5 Å². The molecule has 1 heterocycles. The lowest BCUT2D eigenvalue weighted by molar-refractivity contribution is 0.0945. The number of carbonyl (C=O) groups excluding carboxylic acids is 1. The van der Waals surface area contributed by atoms with Crippen LogP contribution in [0, 0.1) is 3.57 Å². The predicted molar refractivity (Wildman–Crippen MR) is 116 cm³/mol. The zero-order valence-electron chi connectivity index (χ0n) is 15.4. The van der Waals surface area contributed by atoms with Crippen LogP contribution in [0.25, 0.3) is 11.3 Å². The summed E-state index contributed by atoms with van der Waals surface area (Å²) in [5.41, 5.74) is 2.36. The average molecular weight is 489 g/mol. The molecule has 0 bridgehead atoms. The van der Waals surface area contributed by atoms with Crippen LogP contribution in [0.2, 0.25) is 0 Å². The Labute approximate surface area is 177 Å². The van der Waals surface area contributed by atoms with Gasteiger partial charge in [0.2, 0.25) is 5.88 Å². The van der Waals surface area contributed by atoms with Crippen LogP contribution in [0.15, 0.2) is 60.7 Å². The molecule has 6 nitrogen and oxygen atoms in total. The van der Waals surface area contributed by atoms with Gasteiger partial charge in [-0.25, -0.2) is 0 Å². The molecule has 0 unspecified atom stereocenters. The number of nitrogens with one attached hydrogen (secondary N) is 1. The molecule has 3 rings (SSSR count). The van der Waals surface area contributed by atoms with E-state index in [0.717, 1.165) is 20.6 Å². The van der Waals surface area contributed by atoms with Crippen LogP contribution >= 0.6 is 22.6 Å². The fourth-order valence-electron chi connectivity index (χ4n) is 2.50. The molecule has 1 N–H and O–H groups in total. The molecule has 0 fully saturated rings. The van der Waals surface area contributed by atoms with E-state index in [1.54, 1.807) is 12.1 Å². The van der Waals surface area contributed by atoms with Crippen molar-refractivity contribution in [1.82, 2.24) is 15.5 Å². The number of rotatable bonds is 8. The van der Waals surface area contributed by atoms with Gasteiger partial charge in [-0.1, -0.05) is 12.1 Å². The van der Waals surface area contributed by atoms with Gasteiger partial charge in [0.1, 0.15) is 12.4 Å². The topological polar surface area (TPSA) is 73.3 Å². The first-order valence-electron chi connectivity index (χ1n) is 8.90. The molecule has 7 heteroatoms. The zero-order chi connectivity index (χ0) is 19.8. The van der Waals surface area contributed by atoms with E-state index in [-0.39, 0.29) is 5.91 Å². The Bertz CT molecular complexity index is 915. The van der Waals surface area contributed by atoms with E-state index in [9.17, 15) is 4.79 Å². The van der Waals surface area contributed by atoms with E-state index in [2.05, 4.69) is 38.1 Å². The van der Waals surface area contributed by atoms with Crippen molar-refractivity contribution in [2.75, 3.05) is 19.8 Å². The van der Waals surface area contributed by atoms with E-state index in [0.29, 0.717) is 31.2 Å². The van der Waals surface area contributed by atoms with Gasteiger partial charge < -0.3 is 14.8 Å². The SMILES string of the molecule is CCOc1ccc(-c2ccc(OCCNC(=O)c3ccccc3I)nn2)cc1. The Hall–Kier alpha value is -2.68. The normalized spacial score (nSPS) is 10.4. The van der Waals surface area contributed by atoms with Crippen LogP contribution in [-0.4, -0.2) is 35.9 Å². The van der Waals surface area contributed by atoms with Crippen LogP contribution in [-0.2, 0) is 0 Å². The summed E-state index contributed by atoms with van der Waals surface area (Å²) >= 11 is 2.14. The minimum absolute atomic E-state index is 0.120. The maximum Gasteiger partial charge on any atom is 0.252 e. The summed E-state index contributed by atoms with van der Waals surface area (Å²) in [5.74, 6) is 1.12. The van der Waals surface area contributed by atoms with E-state index < -0.39 is 0 Å². The van der Waals surface area contributed by atoms with Gasteiger partial charge in [0.25, 0.3) is 5.91 Å². The second-order valence-electron chi connectivity index (χ2n) is 5.80. The first-order valence-corrected chi connectivity index (χ1v) is 9.97. The molecule has 0 aliphatic carbocycles. The molecule has 2 aromatic carbocycles. The van der Waals surface area contributed by atoms with E-state index in [4.69, 9.17) is 9.47 Å². The third kappa shape index (κ3) is 5.41. The number of halogens is 1. The highest BCUT2D eigenvalue weighted by molar-refractivity contribution is 14.1. The molecular formula is C21H20IN3O3. The van der Waals surface area contributed by atoms with Crippen LogP contribution in [0.4, 0.5) is 0 Å². The quantitative estimate of drug-likeness (QED) is 0.383. The maximum absolute atomic E-state index is 12.1. The van der Waals surface area contributed by atoms with Crippen LogP contribution in [0.3, 0.4) is 0 Å². The van der Waals surface area contributed by atoms with E-state index >= 15 is 0 Å². The largest absolute Gasteiger partial charge is 0.494 e. The van der Waals surface area contributed by atoms with Gasteiger partial charge >= 0.3 is 0 Å². The highest BCUT2D eigenvalue weighted by Gasteiger charge is 2.08. The minimum Gasteiger partial charge on any atom is -0.494 e. The highest BCUT2D eigenvalue weighted by Crippen LogP contribution is 2.21. The Balaban J connectivity index is 1.48. The number of ether oxygens (including phenoxy) is 2. The number of hydrogen-bond donors (Lipinski definition) is 1. The molecule has 0 atom stereocenters. The molecule has 0 aliphatic heterocycles. The Morgan fingerprint density at radius 3 is 2.46 bits per heavy atom. The summed E-state index contributed by atoms with van der Waals surface area (Å²) in [6, 6.07) is 18.7. The zero-order valence-corrected chi connectivity index (χ0v) is 17.5. The number of hydrogen-bond acceptors (Lipinski definition) is 5. The molecule has 1 aromatic heterocycles. The molecule has 0 saturated carbocycles. The Morgan fingerprint density at radius 1 is 1.00 bits per heavy atom. The second-order valence-corrected chi connectivity index (χ2v) is 6.96. The van der Waals surface area contributed by atoms with Gasteiger partial charge in [0.15, 0.2) is 0 Å². The third-order valence-corrected chi connectivity index (χ3v) is 4.80. The fourth-order valence-corrected chi connectivity index (χ4v) is 3.13. The lowest BCUT2D eigenvalue weighted by atomic mass is 10.1. The summed E-state index contributed by atoms with van der Waals surface area (Å²) in [6.07, 6.45) is 0. The van der Waals surface area contributed by atoms with Crippen molar-refractivity contribution in [3.05, 3.63) is 69.8 Å². The molecule has 1 amide bonds. The third-order valence-electron chi connectivity index (χ3n) is 3.86. The summed E-state index contributed by atoms with van der Waals surface area (Å²) in [5, 5.41) is 11.1. The van der Waals surface area contributed by atoms with Crippen molar-refractivity contribution in [3.8, 4) is 22.9 Å². The summed E-state index contributed by atoms with van der Waals surface area (Å²) in [4.78, 5) is 12.1.